The smallest absolute Gasteiger partial charge is 0.176 e. The Bertz CT molecular complexity index is 396. The molecule has 1 aromatic carbocycles. The first-order chi connectivity index (χ1) is 8.93. The molecule has 0 bridgehead atoms. The first-order valence-corrected chi connectivity index (χ1v) is 6.85. The van der Waals surface area contributed by atoms with E-state index in [2.05, 4.69) is 32.6 Å². The molecule has 1 rings (SSSR count). The van der Waals surface area contributed by atoms with Crippen LogP contribution in [-0.2, 0) is 0 Å². The summed E-state index contributed by atoms with van der Waals surface area (Å²) in [4.78, 5) is 14.5. The van der Waals surface area contributed by atoms with Gasteiger partial charge in [-0.25, -0.2) is 0 Å². The number of rotatable bonds is 7. The number of ketones is 1. The zero-order valence-electron chi connectivity index (χ0n) is 12.6. The highest BCUT2D eigenvalue weighted by molar-refractivity contribution is 5.97. The summed E-state index contributed by atoms with van der Waals surface area (Å²) in [5.74, 6) is 1.50. The molecule has 0 atom stereocenters. The maximum absolute atomic E-state index is 12.3. The van der Waals surface area contributed by atoms with E-state index in [0.717, 1.165) is 17.9 Å². The Morgan fingerprint density at radius 1 is 1.16 bits per heavy atom. The number of carbonyl (C=O) groups is 1. The minimum Gasteiger partial charge on any atom is -0.497 e. The third kappa shape index (κ3) is 5.03. The van der Waals surface area contributed by atoms with E-state index in [4.69, 9.17) is 4.74 Å². The summed E-state index contributed by atoms with van der Waals surface area (Å²) < 4.78 is 5.10. The van der Waals surface area contributed by atoms with E-state index < -0.39 is 0 Å². The minimum atomic E-state index is 0.164. The van der Waals surface area contributed by atoms with E-state index >= 15 is 0 Å². The topological polar surface area (TPSA) is 29.5 Å². The molecule has 19 heavy (non-hydrogen) atoms. The second-order valence-corrected chi connectivity index (χ2v) is 5.57. The molecule has 3 nitrogen and oxygen atoms in total. The van der Waals surface area contributed by atoms with Gasteiger partial charge in [0, 0.05) is 18.2 Å². The van der Waals surface area contributed by atoms with Crippen molar-refractivity contribution in [3.63, 3.8) is 0 Å². The molecule has 0 fully saturated rings. The number of benzene rings is 1. The van der Waals surface area contributed by atoms with Crippen LogP contribution in [0.25, 0.3) is 0 Å². The number of Topliss-reactive ketones (excluding diaryl/α,β-unsaturated/α-hetero) is 1. The Labute approximate surface area is 116 Å². The maximum atomic E-state index is 12.3. The van der Waals surface area contributed by atoms with E-state index in [1.54, 1.807) is 7.11 Å². The number of nitrogens with zero attached hydrogens (tertiary/aromatic N) is 1. The van der Waals surface area contributed by atoms with Gasteiger partial charge in [-0.3, -0.25) is 9.69 Å². The summed E-state index contributed by atoms with van der Waals surface area (Å²) in [5.41, 5.74) is 0.746. The molecule has 0 spiro atoms. The molecule has 0 aliphatic rings. The highest BCUT2D eigenvalue weighted by Gasteiger charge is 2.16. The number of methoxy groups -OCH3 is 1. The largest absolute Gasteiger partial charge is 0.497 e. The lowest BCUT2D eigenvalue weighted by atomic mass is 10.1. The molecule has 1 aromatic rings. The summed E-state index contributed by atoms with van der Waals surface area (Å²) in [6.07, 6.45) is 0. The van der Waals surface area contributed by atoms with E-state index in [1.165, 1.54) is 0 Å². The van der Waals surface area contributed by atoms with Gasteiger partial charge in [0.15, 0.2) is 5.78 Å². The van der Waals surface area contributed by atoms with Crippen LogP contribution in [0.1, 0.15) is 38.1 Å². The molecule has 0 saturated carbocycles. The van der Waals surface area contributed by atoms with Crippen molar-refractivity contribution < 1.29 is 9.53 Å². The standard InChI is InChI=1S/C16H25NO2/c1-12(2)10-17(13(3)4)11-16(18)14-6-8-15(19-5)9-7-14/h6-9,12-13H,10-11H2,1-5H3. The van der Waals surface area contributed by atoms with Crippen LogP contribution in [0.4, 0.5) is 0 Å². The van der Waals surface area contributed by atoms with Crippen LogP contribution in [0.2, 0.25) is 0 Å². The number of hydrogen-bond donors (Lipinski definition) is 0. The van der Waals surface area contributed by atoms with Crippen LogP contribution in [0, 0.1) is 5.92 Å². The molecule has 0 aliphatic carbocycles. The molecule has 0 saturated heterocycles. The molecule has 3 heteroatoms. The lowest BCUT2D eigenvalue weighted by molar-refractivity contribution is 0.0892. The van der Waals surface area contributed by atoms with Gasteiger partial charge in [-0.1, -0.05) is 13.8 Å². The fraction of sp³-hybridized carbons (Fsp3) is 0.562. The molecular formula is C16H25NO2. The normalized spacial score (nSPS) is 11.4. The van der Waals surface area contributed by atoms with Crippen molar-refractivity contribution in [3.05, 3.63) is 29.8 Å². The number of ether oxygens (including phenoxy) is 1. The molecule has 0 heterocycles. The van der Waals surface area contributed by atoms with Crippen molar-refractivity contribution in [3.8, 4) is 5.75 Å². The third-order valence-electron chi connectivity index (χ3n) is 3.09. The second-order valence-electron chi connectivity index (χ2n) is 5.57. The van der Waals surface area contributed by atoms with Gasteiger partial charge in [0.25, 0.3) is 0 Å². The van der Waals surface area contributed by atoms with Gasteiger partial charge in [0.2, 0.25) is 0 Å². The Balaban J connectivity index is 2.70. The molecule has 0 amide bonds. The minimum absolute atomic E-state index is 0.164. The summed E-state index contributed by atoms with van der Waals surface area (Å²) in [6, 6.07) is 7.69. The van der Waals surface area contributed by atoms with Crippen LogP contribution in [0.5, 0.6) is 5.75 Å². The SMILES string of the molecule is COc1ccc(C(=O)CN(CC(C)C)C(C)C)cc1. The molecule has 106 valence electrons. The average Bonchev–Trinajstić information content (AvgIpc) is 2.37. The Hall–Kier alpha value is -1.35. The van der Waals surface area contributed by atoms with Gasteiger partial charge >= 0.3 is 0 Å². The van der Waals surface area contributed by atoms with Crippen molar-refractivity contribution in [2.75, 3.05) is 20.2 Å². The quantitative estimate of drug-likeness (QED) is 0.707. The molecule has 0 aliphatic heterocycles. The van der Waals surface area contributed by atoms with Crippen LogP contribution in [0.3, 0.4) is 0 Å². The van der Waals surface area contributed by atoms with Gasteiger partial charge in [-0.2, -0.15) is 0 Å². The average molecular weight is 263 g/mol. The van der Waals surface area contributed by atoms with E-state index in [9.17, 15) is 4.79 Å². The predicted molar refractivity (Wildman–Crippen MR) is 78.9 cm³/mol. The number of hydrogen-bond acceptors (Lipinski definition) is 3. The van der Waals surface area contributed by atoms with E-state index in [0.29, 0.717) is 18.5 Å². The number of carbonyl (C=O) groups excluding carboxylic acids is 1. The lowest BCUT2D eigenvalue weighted by Crippen LogP contribution is -2.38. The Kier molecular flexibility index (Phi) is 6.03. The molecule has 0 aromatic heterocycles. The Morgan fingerprint density at radius 2 is 1.74 bits per heavy atom. The maximum Gasteiger partial charge on any atom is 0.176 e. The zero-order valence-corrected chi connectivity index (χ0v) is 12.6. The lowest BCUT2D eigenvalue weighted by Gasteiger charge is -2.27. The van der Waals surface area contributed by atoms with Crippen LogP contribution in [-0.4, -0.2) is 36.9 Å². The van der Waals surface area contributed by atoms with Crippen molar-refractivity contribution >= 4 is 5.78 Å². The first-order valence-electron chi connectivity index (χ1n) is 6.85. The Morgan fingerprint density at radius 3 is 2.16 bits per heavy atom. The van der Waals surface area contributed by atoms with Crippen molar-refractivity contribution in [1.82, 2.24) is 4.90 Å². The summed E-state index contributed by atoms with van der Waals surface area (Å²) in [5, 5.41) is 0. The van der Waals surface area contributed by atoms with Crippen LogP contribution < -0.4 is 4.74 Å². The summed E-state index contributed by atoms with van der Waals surface area (Å²) >= 11 is 0. The molecular weight excluding hydrogens is 238 g/mol. The molecule has 0 unspecified atom stereocenters. The van der Waals surface area contributed by atoms with Gasteiger partial charge < -0.3 is 4.74 Å². The molecule has 0 radical (unpaired) electrons. The van der Waals surface area contributed by atoms with Gasteiger partial charge in [0.05, 0.1) is 13.7 Å². The van der Waals surface area contributed by atoms with E-state index in [1.807, 2.05) is 24.3 Å². The summed E-state index contributed by atoms with van der Waals surface area (Å²) in [7, 11) is 1.62. The van der Waals surface area contributed by atoms with Crippen molar-refractivity contribution in [1.29, 1.82) is 0 Å². The third-order valence-corrected chi connectivity index (χ3v) is 3.09. The second kappa shape index (κ2) is 7.29. The van der Waals surface area contributed by atoms with Crippen LogP contribution in [0.15, 0.2) is 24.3 Å². The fourth-order valence-corrected chi connectivity index (χ4v) is 1.98. The zero-order chi connectivity index (χ0) is 14.4. The fourth-order valence-electron chi connectivity index (χ4n) is 1.98. The van der Waals surface area contributed by atoms with Gasteiger partial charge in [-0.15, -0.1) is 0 Å². The first kappa shape index (κ1) is 15.7. The van der Waals surface area contributed by atoms with Crippen LogP contribution >= 0.6 is 0 Å². The van der Waals surface area contributed by atoms with Gasteiger partial charge in [0.1, 0.15) is 5.75 Å². The monoisotopic (exact) mass is 263 g/mol. The highest BCUT2D eigenvalue weighted by atomic mass is 16.5. The summed E-state index contributed by atoms with van der Waals surface area (Å²) in [6.45, 7) is 10.0. The molecule has 0 N–H and O–H groups in total. The van der Waals surface area contributed by atoms with Crippen molar-refractivity contribution in [2.24, 2.45) is 5.92 Å². The highest BCUT2D eigenvalue weighted by Crippen LogP contribution is 2.13. The van der Waals surface area contributed by atoms with E-state index in [-0.39, 0.29) is 5.78 Å². The predicted octanol–water partition coefficient (Wildman–Crippen LogP) is 3.24. The van der Waals surface area contributed by atoms with Crippen molar-refractivity contribution in [2.45, 2.75) is 33.7 Å². The van der Waals surface area contributed by atoms with Gasteiger partial charge in [-0.05, 0) is 44.0 Å².